The summed E-state index contributed by atoms with van der Waals surface area (Å²) in [6.07, 6.45) is 10.8. The average molecular weight is 771 g/mol. The first-order valence-corrected chi connectivity index (χ1v) is 21.1. The van der Waals surface area contributed by atoms with Crippen molar-refractivity contribution >= 4 is 0 Å². The molecule has 0 amide bonds. The molecule has 308 valence electrons. The third-order valence-electron chi connectivity index (χ3n) is 12.1. The van der Waals surface area contributed by atoms with Gasteiger partial charge in [0.2, 0.25) is 11.5 Å². The minimum atomic E-state index is -0.693. The van der Waals surface area contributed by atoms with Gasteiger partial charge in [-0.25, -0.2) is 0 Å². The van der Waals surface area contributed by atoms with E-state index < -0.39 is 5.41 Å². The maximum absolute atomic E-state index is 10.8. The molecule has 5 atom stereocenters. The Bertz CT molecular complexity index is 1690. The predicted octanol–water partition coefficient (Wildman–Crippen LogP) is 11.4. The summed E-state index contributed by atoms with van der Waals surface area (Å²) in [6, 6.07) is 19.2. The molecule has 0 aliphatic carbocycles. The van der Waals surface area contributed by atoms with Crippen molar-refractivity contribution in [3.63, 3.8) is 0 Å². The van der Waals surface area contributed by atoms with Crippen LogP contribution in [0, 0.1) is 29.1 Å². The second kappa shape index (κ2) is 22.0. The number of nitrogens with zero attached hydrogens (tertiary/aromatic N) is 1. The Labute approximate surface area is 338 Å². The lowest BCUT2D eigenvalue weighted by Gasteiger charge is -2.38. The first kappa shape index (κ1) is 44.6. The summed E-state index contributed by atoms with van der Waals surface area (Å²) in [7, 11) is 6.66. The molecule has 0 fully saturated rings. The molecule has 8 heteroatoms. The van der Waals surface area contributed by atoms with Crippen LogP contribution in [0.4, 0.5) is 0 Å². The summed E-state index contributed by atoms with van der Waals surface area (Å²) >= 11 is 0. The Morgan fingerprint density at radius 2 is 1.39 bits per heavy atom. The number of ether oxygens (including phenoxy) is 6. The predicted molar refractivity (Wildman–Crippen MR) is 227 cm³/mol. The van der Waals surface area contributed by atoms with Gasteiger partial charge in [-0.2, -0.15) is 5.26 Å². The SMILES string of the molecule is CCCCCOc1c2c(c(OCCC[C@@H](C)C(C)CCC)c(OC)c1OC)C(c1ccccc1)N[C@@H](CCCC(C#N)(c1ccc(OC)c(OC)c1)C(C)C)C2. The van der Waals surface area contributed by atoms with Crippen LogP contribution in [0.15, 0.2) is 48.5 Å². The Hall–Kier alpha value is -4.09. The Kier molecular flexibility index (Phi) is 17.5. The van der Waals surface area contributed by atoms with Crippen molar-refractivity contribution < 1.29 is 28.4 Å². The highest BCUT2D eigenvalue weighted by atomic mass is 16.5. The summed E-state index contributed by atoms with van der Waals surface area (Å²) in [6.45, 7) is 14.6. The topological polar surface area (TPSA) is 91.2 Å². The van der Waals surface area contributed by atoms with E-state index in [4.69, 9.17) is 28.4 Å². The van der Waals surface area contributed by atoms with Gasteiger partial charge in [-0.05, 0) is 86.0 Å². The van der Waals surface area contributed by atoms with Gasteiger partial charge in [-0.1, -0.05) is 104 Å². The fourth-order valence-electron chi connectivity index (χ4n) is 8.50. The number of methoxy groups -OCH3 is 4. The van der Waals surface area contributed by atoms with E-state index in [1.165, 1.54) is 12.8 Å². The molecule has 0 bridgehead atoms. The molecule has 0 radical (unpaired) electrons. The van der Waals surface area contributed by atoms with E-state index in [9.17, 15) is 5.26 Å². The molecule has 0 saturated carbocycles. The van der Waals surface area contributed by atoms with Crippen LogP contribution in [0.3, 0.4) is 0 Å². The van der Waals surface area contributed by atoms with Gasteiger partial charge in [0, 0.05) is 17.2 Å². The zero-order chi connectivity index (χ0) is 40.7. The van der Waals surface area contributed by atoms with Gasteiger partial charge in [0.25, 0.3) is 0 Å². The van der Waals surface area contributed by atoms with E-state index in [1.807, 2.05) is 18.2 Å². The average Bonchev–Trinajstić information content (AvgIpc) is 3.22. The smallest absolute Gasteiger partial charge is 0.207 e. The molecular formula is C48H70N2O6. The van der Waals surface area contributed by atoms with Crippen molar-refractivity contribution in [2.24, 2.45) is 17.8 Å². The molecule has 0 aromatic heterocycles. The van der Waals surface area contributed by atoms with Crippen molar-refractivity contribution in [1.29, 1.82) is 5.26 Å². The number of hydrogen-bond donors (Lipinski definition) is 1. The van der Waals surface area contributed by atoms with Crippen molar-refractivity contribution in [1.82, 2.24) is 5.32 Å². The van der Waals surface area contributed by atoms with E-state index in [0.717, 1.165) is 85.1 Å². The van der Waals surface area contributed by atoms with E-state index >= 15 is 0 Å². The molecule has 3 unspecified atom stereocenters. The number of nitriles is 1. The molecule has 1 N–H and O–H groups in total. The highest BCUT2D eigenvalue weighted by Crippen LogP contribution is 2.54. The molecule has 1 aliphatic rings. The molecule has 0 saturated heterocycles. The minimum Gasteiger partial charge on any atom is -0.493 e. The highest BCUT2D eigenvalue weighted by Gasteiger charge is 2.40. The first-order valence-electron chi connectivity index (χ1n) is 21.1. The molecule has 8 nitrogen and oxygen atoms in total. The summed E-state index contributed by atoms with van der Waals surface area (Å²) in [4.78, 5) is 0. The Morgan fingerprint density at radius 3 is 2.02 bits per heavy atom. The molecule has 3 aromatic carbocycles. The summed E-state index contributed by atoms with van der Waals surface area (Å²) < 4.78 is 37.1. The number of hydrogen-bond acceptors (Lipinski definition) is 8. The summed E-state index contributed by atoms with van der Waals surface area (Å²) in [5, 5.41) is 14.9. The van der Waals surface area contributed by atoms with Crippen molar-refractivity contribution in [3.8, 4) is 40.6 Å². The zero-order valence-electron chi connectivity index (χ0n) is 36.1. The fraction of sp³-hybridized carbons (Fsp3) is 0.604. The van der Waals surface area contributed by atoms with Crippen LogP contribution in [0.5, 0.6) is 34.5 Å². The number of fused-ring (bicyclic) bond motifs is 1. The Morgan fingerprint density at radius 1 is 0.732 bits per heavy atom. The third kappa shape index (κ3) is 10.4. The lowest BCUT2D eigenvalue weighted by Crippen LogP contribution is -2.41. The molecule has 0 spiro atoms. The van der Waals surface area contributed by atoms with Crippen LogP contribution >= 0.6 is 0 Å². The second-order valence-electron chi connectivity index (χ2n) is 16.0. The number of benzene rings is 3. The monoisotopic (exact) mass is 771 g/mol. The lowest BCUT2D eigenvalue weighted by atomic mass is 9.69. The normalized spacial score (nSPS) is 17.2. The van der Waals surface area contributed by atoms with Gasteiger partial charge in [0.15, 0.2) is 23.0 Å². The van der Waals surface area contributed by atoms with E-state index in [-0.39, 0.29) is 18.0 Å². The van der Waals surface area contributed by atoms with Gasteiger partial charge in [-0.15, -0.1) is 0 Å². The molecule has 3 aromatic rings. The maximum Gasteiger partial charge on any atom is 0.207 e. The van der Waals surface area contributed by atoms with Crippen molar-refractivity contribution in [3.05, 3.63) is 70.8 Å². The van der Waals surface area contributed by atoms with E-state index in [0.29, 0.717) is 54.5 Å². The van der Waals surface area contributed by atoms with E-state index in [2.05, 4.69) is 83.3 Å². The largest absolute Gasteiger partial charge is 0.493 e. The zero-order valence-corrected chi connectivity index (χ0v) is 36.1. The maximum atomic E-state index is 10.8. The first-order chi connectivity index (χ1) is 27.1. The van der Waals surface area contributed by atoms with Crippen LogP contribution in [0.1, 0.15) is 134 Å². The number of rotatable bonds is 24. The molecule has 1 heterocycles. The van der Waals surface area contributed by atoms with Gasteiger partial charge in [0.05, 0.1) is 59.2 Å². The standard InChI is InChI=1S/C48H70N2O6/c1-11-13-17-28-55-44-39-31-38(24-18-27-48(32-49,33(3)4)37-25-26-40(51-7)41(30-37)52-8)50-43(36-22-15-14-16-23-36)42(39)45(47(54-10)46(44)53-9)56-29-19-21-35(6)34(5)20-12-2/h14-16,22-23,25-26,30,33-35,38,43,50H,11-13,17-21,24,27-29,31H2,1-10H3/t34?,35-,38+,43?,48?/m1/s1. The van der Waals surface area contributed by atoms with Gasteiger partial charge in [-0.3, -0.25) is 0 Å². The number of nitrogens with one attached hydrogen (secondary N) is 1. The minimum absolute atomic E-state index is 0.0834. The third-order valence-corrected chi connectivity index (χ3v) is 12.1. The second-order valence-corrected chi connectivity index (χ2v) is 16.0. The van der Waals surface area contributed by atoms with Crippen LogP contribution in [0.2, 0.25) is 0 Å². The fourth-order valence-corrected chi connectivity index (χ4v) is 8.50. The summed E-state index contributed by atoms with van der Waals surface area (Å²) in [5.74, 6) is 5.34. The van der Waals surface area contributed by atoms with Crippen molar-refractivity contribution in [2.45, 2.75) is 130 Å². The molecular weight excluding hydrogens is 701 g/mol. The van der Waals surface area contributed by atoms with Gasteiger partial charge in [0.1, 0.15) is 0 Å². The molecule has 56 heavy (non-hydrogen) atoms. The quantitative estimate of drug-likeness (QED) is 0.0901. The van der Waals surface area contributed by atoms with Crippen LogP contribution in [0.25, 0.3) is 0 Å². The van der Waals surface area contributed by atoms with Gasteiger partial charge < -0.3 is 33.7 Å². The molecule has 1 aliphatic heterocycles. The van der Waals surface area contributed by atoms with Crippen LogP contribution in [-0.2, 0) is 11.8 Å². The number of unbranched alkanes of at least 4 members (excludes halogenated alkanes) is 2. The van der Waals surface area contributed by atoms with Crippen LogP contribution < -0.4 is 33.7 Å². The highest BCUT2D eigenvalue weighted by molar-refractivity contribution is 5.69. The van der Waals surface area contributed by atoms with Gasteiger partial charge >= 0.3 is 0 Å². The van der Waals surface area contributed by atoms with Crippen molar-refractivity contribution in [2.75, 3.05) is 41.7 Å². The lowest BCUT2D eigenvalue weighted by molar-refractivity contribution is 0.238. The van der Waals surface area contributed by atoms with Crippen LogP contribution in [-0.4, -0.2) is 47.7 Å². The molecule has 4 rings (SSSR count). The van der Waals surface area contributed by atoms with E-state index in [1.54, 1.807) is 28.4 Å². The Balaban J connectivity index is 1.74. The summed E-state index contributed by atoms with van der Waals surface area (Å²) in [5.41, 5.74) is 3.57.